The van der Waals surface area contributed by atoms with Crippen molar-refractivity contribution in [1.82, 2.24) is 0 Å². The molecule has 0 aromatic heterocycles. The van der Waals surface area contributed by atoms with E-state index >= 15 is 0 Å². The summed E-state index contributed by atoms with van der Waals surface area (Å²) in [5.74, 6) is 0.0244. The van der Waals surface area contributed by atoms with Crippen molar-refractivity contribution < 1.29 is 9.53 Å². The molecule has 0 radical (unpaired) electrons. The average Bonchev–Trinajstić information content (AvgIpc) is 2.49. The minimum atomic E-state index is -0.401. The van der Waals surface area contributed by atoms with Crippen molar-refractivity contribution in [2.75, 3.05) is 7.11 Å². The molecule has 0 bridgehead atoms. The highest BCUT2D eigenvalue weighted by Gasteiger charge is 2.27. The summed E-state index contributed by atoms with van der Waals surface area (Å²) in [6.07, 6.45) is -0.297. The molecule has 0 spiro atoms. The van der Waals surface area contributed by atoms with Crippen molar-refractivity contribution >= 4 is 21.7 Å². The summed E-state index contributed by atoms with van der Waals surface area (Å²) in [4.78, 5) is 12.0. The Balaban J connectivity index is 2.22. The van der Waals surface area contributed by atoms with Gasteiger partial charge in [-0.1, -0.05) is 76.6 Å². The molecule has 0 aliphatic carbocycles. The van der Waals surface area contributed by atoms with E-state index in [1.165, 1.54) is 0 Å². The minimum absolute atomic E-state index is 0.0244. The molecule has 19 heavy (non-hydrogen) atoms. The number of benzene rings is 2. The van der Waals surface area contributed by atoms with Crippen LogP contribution in [0.1, 0.15) is 22.0 Å². The van der Waals surface area contributed by atoms with Gasteiger partial charge in [0, 0.05) is 12.7 Å². The second-order valence-electron chi connectivity index (χ2n) is 4.20. The summed E-state index contributed by atoms with van der Waals surface area (Å²) in [5.41, 5.74) is 1.67. The summed E-state index contributed by atoms with van der Waals surface area (Å²) in [6.45, 7) is 0. The van der Waals surface area contributed by atoms with Crippen LogP contribution in [0.4, 0.5) is 0 Å². The normalized spacial score (nSPS) is 13.8. The molecule has 0 amide bonds. The highest BCUT2D eigenvalue weighted by molar-refractivity contribution is 9.10. The van der Waals surface area contributed by atoms with E-state index in [2.05, 4.69) is 15.9 Å². The van der Waals surface area contributed by atoms with Crippen LogP contribution in [0, 0.1) is 0 Å². The van der Waals surface area contributed by atoms with Gasteiger partial charge in [-0.15, -0.1) is 0 Å². The van der Waals surface area contributed by atoms with Gasteiger partial charge in [0.1, 0.15) is 10.9 Å². The molecule has 0 aliphatic heterocycles. The van der Waals surface area contributed by atoms with Crippen molar-refractivity contribution in [1.29, 1.82) is 0 Å². The van der Waals surface area contributed by atoms with E-state index in [1.807, 2.05) is 60.7 Å². The number of ketones is 1. The topological polar surface area (TPSA) is 26.3 Å². The van der Waals surface area contributed by atoms with Crippen molar-refractivity contribution in [3.05, 3.63) is 71.8 Å². The summed E-state index contributed by atoms with van der Waals surface area (Å²) in [7, 11) is 1.62. The maximum atomic E-state index is 12.4. The van der Waals surface area contributed by atoms with Crippen molar-refractivity contribution in [2.45, 2.75) is 10.9 Å². The van der Waals surface area contributed by atoms with Gasteiger partial charge in [0.15, 0.2) is 5.78 Å². The van der Waals surface area contributed by atoms with Gasteiger partial charge in [0.05, 0.1) is 0 Å². The van der Waals surface area contributed by atoms with Crippen LogP contribution in [-0.4, -0.2) is 17.7 Å². The molecule has 3 heteroatoms. The van der Waals surface area contributed by atoms with E-state index in [4.69, 9.17) is 4.74 Å². The van der Waals surface area contributed by atoms with Crippen LogP contribution in [-0.2, 0) is 4.74 Å². The molecular formula is C16H15BrO2. The Hall–Kier alpha value is -1.45. The summed E-state index contributed by atoms with van der Waals surface area (Å²) >= 11 is 3.47. The number of carbonyl (C=O) groups is 1. The predicted molar refractivity (Wildman–Crippen MR) is 79.7 cm³/mol. The van der Waals surface area contributed by atoms with Gasteiger partial charge in [-0.2, -0.15) is 0 Å². The zero-order valence-corrected chi connectivity index (χ0v) is 12.2. The molecule has 0 N–H and O–H groups in total. The Morgan fingerprint density at radius 2 is 1.53 bits per heavy atom. The van der Waals surface area contributed by atoms with E-state index in [-0.39, 0.29) is 11.9 Å². The van der Waals surface area contributed by atoms with Gasteiger partial charge >= 0.3 is 0 Å². The van der Waals surface area contributed by atoms with E-state index in [0.29, 0.717) is 5.56 Å². The summed E-state index contributed by atoms with van der Waals surface area (Å²) < 4.78 is 5.47. The molecule has 0 fully saturated rings. The predicted octanol–water partition coefficient (Wildman–Crippen LogP) is 4.02. The fraction of sp³-hybridized carbons (Fsp3) is 0.188. The molecule has 2 atom stereocenters. The Morgan fingerprint density at radius 3 is 2.05 bits per heavy atom. The molecule has 0 aliphatic rings. The van der Waals surface area contributed by atoms with Gasteiger partial charge < -0.3 is 4.74 Å². The Kier molecular flexibility index (Phi) is 4.88. The van der Waals surface area contributed by atoms with Crippen LogP contribution >= 0.6 is 15.9 Å². The first-order valence-electron chi connectivity index (χ1n) is 6.05. The number of carbonyl (C=O) groups excluding carboxylic acids is 1. The lowest BCUT2D eigenvalue weighted by molar-refractivity contribution is 0.0770. The monoisotopic (exact) mass is 318 g/mol. The van der Waals surface area contributed by atoms with Gasteiger partial charge in [0.2, 0.25) is 0 Å². The standard InChI is InChI=1S/C16H15BrO2/c1-19-16(13-10-6-3-7-11-13)14(17)15(18)12-8-4-2-5-9-12/h2-11,14,16H,1H3. The number of Topliss-reactive ketones (excluding diaryl/α,β-unsaturated/α-hetero) is 1. The molecule has 2 rings (SSSR count). The van der Waals surface area contributed by atoms with Crippen molar-refractivity contribution in [3.63, 3.8) is 0 Å². The number of alkyl halides is 1. The molecular weight excluding hydrogens is 304 g/mol. The number of halogens is 1. The van der Waals surface area contributed by atoms with Gasteiger partial charge in [0.25, 0.3) is 0 Å². The lowest BCUT2D eigenvalue weighted by atomic mass is 10.00. The molecule has 2 aromatic carbocycles. The molecule has 0 saturated carbocycles. The average molecular weight is 319 g/mol. The quantitative estimate of drug-likeness (QED) is 0.614. The Labute approximate surface area is 121 Å². The molecule has 2 nitrogen and oxygen atoms in total. The van der Waals surface area contributed by atoms with Crippen LogP contribution in [0.2, 0.25) is 0 Å². The molecule has 0 heterocycles. The maximum absolute atomic E-state index is 12.4. The zero-order valence-electron chi connectivity index (χ0n) is 10.6. The largest absolute Gasteiger partial charge is 0.375 e. The summed E-state index contributed by atoms with van der Waals surface area (Å²) in [6, 6.07) is 19.0. The molecule has 98 valence electrons. The van der Waals surface area contributed by atoms with E-state index in [0.717, 1.165) is 5.56 Å². The van der Waals surface area contributed by atoms with Crippen LogP contribution in [0.25, 0.3) is 0 Å². The molecule has 0 saturated heterocycles. The van der Waals surface area contributed by atoms with Gasteiger partial charge in [-0.3, -0.25) is 4.79 Å². The lowest BCUT2D eigenvalue weighted by Gasteiger charge is -2.20. The third-order valence-electron chi connectivity index (χ3n) is 2.96. The third kappa shape index (κ3) is 3.31. The highest BCUT2D eigenvalue weighted by Crippen LogP contribution is 2.28. The number of ether oxygens (including phenoxy) is 1. The first-order valence-corrected chi connectivity index (χ1v) is 6.96. The first-order chi connectivity index (χ1) is 9.24. The molecule has 2 unspecified atom stereocenters. The number of hydrogen-bond acceptors (Lipinski definition) is 2. The van der Waals surface area contributed by atoms with Crippen LogP contribution in [0.5, 0.6) is 0 Å². The van der Waals surface area contributed by atoms with Gasteiger partial charge in [-0.25, -0.2) is 0 Å². The number of hydrogen-bond donors (Lipinski definition) is 0. The smallest absolute Gasteiger partial charge is 0.179 e. The Bertz CT molecular complexity index is 525. The van der Waals surface area contributed by atoms with E-state index in [9.17, 15) is 4.79 Å². The maximum Gasteiger partial charge on any atom is 0.179 e. The van der Waals surface area contributed by atoms with E-state index in [1.54, 1.807) is 7.11 Å². The second-order valence-corrected chi connectivity index (χ2v) is 5.19. The van der Waals surface area contributed by atoms with Crippen molar-refractivity contribution in [3.8, 4) is 0 Å². The summed E-state index contributed by atoms with van der Waals surface area (Å²) in [5, 5.41) is 0. The fourth-order valence-corrected chi connectivity index (χ4v) is 2.75. The minimum Gasteiger partial charge on any atom is -0.375 e. The Morgan fingerprint density at radius 1 is 1.00 bits per heavy atom. The zero-order chi connectivity index (χ0) is 13.7. The van der Waals surface area contributed by atoms with Crippen LogP contribution in [0.15, 0.2) is 60.7 Å². The SMILES string of the molecule is COC(c1ccccc1)C(Br)C(=O)c1ccccc1. The first kappa shape index (κ1) is 14.0. The third-order valence-corrected chi connectivity index (χ3v) is 3.85. The van der Waals surface area contributed by atoms with E-state index < -0.39 is 4.83 Å². The van der Waals surface area contributed by atoms with Crippen LogP contribution < -0.4 is 0 Å². The van der Waals surface area contributed by atoms with Gasteiger partial charge in [-0.05, 0) is 5.56 Å². The number of rotatable bonds is 5. The lowest BCUT2D eigenvalue weighted by Crippen LogP contribution is -2.24. The van der Waals surface area contributed by atoms with Crippen LogP contribution in [0.3, 0.4) is 0 Å². The second kappa shape index (κ2) is 6.64. The van der Waals surface area contributed by atoms with Crippen molar-refractivity contribution in [2.24, 2.45) is 0 Å². The number of methoxy groups -OCH3 is 1. The highest BCUT2D eigenvalue weighted by atomic mass is 79.9. The molecule has 2 aromatic rings. The fourth-order valence-electron chi connectivity index (χ4n) is 1.97.